The molecule has 112 valence electrons. The normalized spacial score (nSPS) is 10.4. The van der Waals surface area contributed by atoms with E-state index in [0.29, 0.717) is 13.2 Å². The number of hydrogen-bond acceptors (Lipinski definition) is 3. The fraction of sp³-hybridized carbons (Fsp3) is 0.533. The lowest BCUT2D eigenvalue weighted by molar-refractivity contribution is 0.248. The molecule has 0 aromatic heterocycles. The maximum absolute atomic E-state index is 11.7. The fourth-order valence-corrected chi connectivity index (χ4v) is 1.84. The van der Waals surface area contributed by atoms with Gasteiger partial charge in [-0.2, -0.15) is 0 Å². The third-order valence-corrected chi connectivity index (χ3v) is 3.03. The van der Waals surface area contributed by atoms with Gasteiger partial charge in [0.25, 0.3) is 0 Å². The summed E-state index contributed by atoms with van der Waals surface area (Å²) < 4.78 is 5.35. The molecule has 0 radical (unpaired) electrons. The van der Waals surface area contributed by atoms with E-state index in [1.165, 1.54) is 0 Å². The Balaban J connectivity index is 2.31. The third kappa shape index (κ3) is 5.93. The number of likely N-dealkylation sites (N-methyl/N-ethyl adjacent to an activating group) is 1. The predicted molar refractivity (Wildman–Crippen MR) is 82.4 cm³/mol. The van der Waals surface area contributed by atoms with E-state index >= 15 is 0 Å². The van der Waals surface area contributed by atoms with Crippen LogP contribution in [0.2, 0.25) is 0 Å². The summed E-state index contributed by atoms with van der Waals surface area (Å²) in [5, 5.41) is 5.64. The van der Waals surface area contributed by atoms with E-state index in [2.05, 4.69) is 29.4 Å². The fourth-order valence-electron chi connectivity index (χ4n) is 1.84. The van der Waals surface area contributed by atoms with E-state index in [1.54, 1.807) is 0 Å². The van der Waals surface area contributed by atoms with Crippen LogP contribution in [0.25, 0.3) is 0 Å². The first kappa shape index (κ1) is 16.3. The second-order valence-corrected chi connectivity index (χ2v) is 4.37. The Morgan fingerprint density at radius 1 is 1.15 bits per heavy atom. The molecule has 0 atom stereocenters. The molecule has 1 rings (SSSR count). The molecule has 0 heterocycles. The van der Waals surface area contributed by atoms with Gasteiger partial charge in [-0.3, -0.25) is 0 Å². The van der Waals surface area contributed by atoms with Crippen molar-refractivity contribution in [2.24, 2.45) is 0 Å². The number of nitrogens with one attached hydrogen (secondary N) is 2. The predicted octanol–water partition coefficient (Wildman–Crippen LogP) is 2.55. The van der Waals surface area contributed by atoms with Crippen molar-refractivity contribution in [1.29, 1.82) is 0 Å². The largest absolute Gasteiger partial charge is 0.494 e. The van der Waals surface area contributed by atoms with E-state index in [4.69, 9.17) is 4.74 Å². The average Bonchev–Trinajstić information content (AvgIpc) is 2.46. The second-order valence-electron chi connectivity index (χ2n) is 4.37. The number of nitrogens with zero attached hydrogens (tertiary/aromatic N) is 1. The maximum Gasteiger partial charge on any atom is 0.319 e. The van der Waals surface area contributed by atoms with Crippen LogP contribution in [0.1, 0.15) is 20.8 Å². The molecule has 2 amide bonds. The summed E-state index contributed by atoms with van der Waals surface area (Å²) in [6.07, 6.45) is 0. The average molecular weight is 279 g/mol. The lowest BCUT2D eigenvalue weighted by Gasteiger charge is -2.18. The Hall–Kier alpha value is -1.75. The summed E-state index contributed by atoms with van der Waals surface area (Å²) in [7, 11) is 0. The zero-order valence-corrected chi connectivity index (χ0v) is 12.6. The van der Waals surface area contributed by atoms with Crippen LogP contribution in [0.4, 0.5) is 10.5 Å². The minimum Gasteiger partial charge on any atom is -0.494 e. The number of rotatable bonds is 8. The minimum atomic E-state index is -0.179. The van der Waals surface area contributed by atoms with Crippen molar-refractivity contribution in [1.82, 2.24) is 10.2 Å². The topological polar surface area (TPSA) is 53.6 Å². The maximum atomic E-state index is 11.7. The summed E-state index contributed by atoms with van der Waals surface area (Å²) in [6, 6.07) is 7.16. The number of ether oxygens (including phenoxy) is 1. The van der Waals surface area contributed by atoms with Gasteiger partial charge in [0, 0.05) is 18.8 Å². The van der Waals surface area contributed by atoms with Crippen molar-refractivity contribution < 1.29 is 9.53 Å². The Morgan fingerprint density at radius 2 is 1.80 bits per heavy atom. The molecule has 0 saturated heterocycles. The standard InChI is InChI=1S/C15H25N3O2/c1-4-18(5-2)12-11-16-15(19)17-13-7-9-14(10-8-13)20-6-3/h7-10H,4-6,11-12H2,1-3H3,(H2,16,17,19). The molecule has 0 aliphatic carbocycles. The Labute approximate surface area is 121 Å². The molecule has 1 aromatic rings. The number of carbonyl (C=O) groups is 1. The van der Waals surface area contributed by atoms with Gasteiger partial charge in [0.2, 0.25) is 0 Å². The molecule has 0 unspecified atom stereocenters. The number of anilines is 1. The molecule has 0 aliphatic rings. The first-order chi connectivity index (χ1) is 9.69. The minimum absolute atomic E-state index is 0.179. The van der Waals surface area contributed by atoms with Gasteiger partial charge in [-0.15, -0.1) is 0 Å². The van der Waals surface area contributed by atoms with Crippen molar-refractivity contribution >= 4 is 11.7 Å². The molecular formula is C15H25N3O2. The molecule has 0 aliphatic heterocycles. The van der Waals surface area contributed by atoms with E-state index in [-0.39, 0.29) is 6.03 Å². The Kier molecular flexibility index (Phi) is 7.50. The highest BCUT2D eigenvalue weighted by molar-refractivity contribution is 5.89. The zero-order valence-electron chi connectivity index (χ0n) is 12.6. The smallest absolute Gasteiger partial charge is 0.319 e. The van der Waals surface area contributed by atoms with Crippen LogP contribution in [0.3, 0.4) is 0 Å². The van der Waals surface area contributed by atoms with Crippen LogP contribution in [-0.4, -0.2) is 43.7 Å². The van der Waals surface area contributed by atoms with Gasteiger partial charge >= 0.3 is 6.03 Å². The SMILES string of the molecule is CCOc1ccc(NC(=O)NCCN(CC)CC)cc1. The van der Waals surface area contributed by atoms with Crippen LogP contribution in [0.5, 0.6) is 5.75 Å². The van der Waals surface area contributed by atoms with Crippen molar-refractivity contribution in [3.63, 3.8) is 0 Å². The third-order valence-electron chi connectivity index (χ3n) is 3.03. The van der Waals surface area contributed by atoms with Crippen molar-refractivity contribution in [3.8, 4) is 5.75 Å². The van der Waals surface area contributed by atoms with E-state index in [1.807, 2.05) is 31.2 Å². The number of hydrogen-bond donors (Lipinski definition) is 2. The van der Waals surface area contributed by atoms with Gasteiger partial charge in [0.15, 0.2) is 0 Å². The summed E-state index contributed by atoms with van der Waals surface area (Å²) in [4.78, 5) is 14.0. The van der Waals surface area contributed by atoms with E-state index in [0.717, 1.165) is 31.1 Å². The number of carbonyl (C=O) groups excluding carboxylic acids is 1. The first-order valence-electron chi connectivity index (χ1n) is 7.19. The molecule has 20 heavy (non-hydrogen) atoms. The van der Waals surface area contributed by atoms with Crippen LogP contribution in [0.15, 0.2) is 24.3 Å². The molecule has 1 aromatic carbocycles. The summed E-state index contributed by atoms with van der Waals surface area (Å²) in [5.74, 6) is 0.806. The van der Waals surface area contributed by atoms with Gasteiger partial charge in [0.05, 0.1) is 6.61 Å². The van der Waals surface area contributed by atoms with Gasteiger partial charge in [0.1, 0.15) is 5.75 Å². The molecule has 5 nitrogen and oxygen atoms in total. The van der Waals surface area contributed by atoms with Gasteiger partial charge in [-0.25, -0.2) is 4.79 Å². The van der Waals surface area contributed by atoms with Crippen LogP contribution in [0, 0.1) is 0 Å². The highest BCUT2D eigenvalue weighted by atomic mass is 16.5. The van der Waals surface area contributed by atoms with Gasteiger partial charge in [-0.1, -0.05) is 13.8 Å². The summed E-state index contributed by atoms with van der Waals surface area (Å²) in [5.41, 5.74) is 0.758. The first-order valence-corrected chi connectivity index (χ1v) is 7.19. The van der Waals surface area contributed by atoms with Gasteiger partial charge < -0.3 is 20.3 Å². The summed E-state index contributed by atoms with van der Waals surface area (Å²) >= 11 is 0. The van der Waals surface area contributed by atoms with Gasteiger partial charge in [-0.05, 0) is 44.3 Å². The lowest BCUT2D eigenvalue weighted by atomic mass is 10.3. The van der Waals surface area contributed by atoms with Crippen LogP contribution < -0.4 is 15.4 Å². The number of amides is 2. The van der Waals surface area contributed by atoms with Crippen molar-refractivity contribution in [2.75, 3.05) is 38.1 Å². The van der Waals surface area contributed by atoms with Crippen LogP contribution in [-0.2, 0) is 0 Å². The number of benzene rings is 1. The molecule has 5 heteroatoms. The van der Waals surface area contributed by atoms with E-state index < -0.39 is 0 Å². The lowest BCUT2D eigenvalue weighted by Crippen LogP contribution is -2.36. The quantitative estimate of drug-likeness (QED) is 0.769. The monoisotopic (exact) mass is 279 g/mol. The second kappa shape index (κ2) is 9.20. The highest BCUT2D eigenvalue weighted by Gasteiger charge is 2.03. The Bertz CT molecular complexity index is 389. The molecule has 2 N–H and O–H groups in total. The highest BCUT2D eigenvalue weighted by Crippen LogP contribution is 2.15. The molecule has 0 saturated carbocycles. The molecule has 0 fully saturated rings. The molecule has 0 spiro atoms. The molecular weight excluding hydrogens is 254 g/mol. The molecule has 0 bridgehead atoms. The zero-order chi connectivity index (χ0) is 14.8. The van der Waals surface area contributed by atoms with E-state index in [9.17, 15) is 4.79 Å². The van der Waals surface area contributed by atoms with Crippen molar-refractivity contribution in [2.45, 2.75) is 20.8 Å². The van der Waals surface area contributed by atoms with Crippen molar-refractivity contribution in [3.05, 3.63) is 24.3 Å². The Morgan fingerprint density at radius 3 is 2.35 bits per heavy atom. The van der Waals surface area contributed by atoms with Crippen LogP contribution >= 0.6 is 0 Å². The number of urea groups is 1. The summed E-state index contributed by atoms with van der Waals surface area (Å²) in [6.45, 7) is 10.3.